The molecule has 0 unspecified atom stereocenters. The lowest BCUT2D eigenvalue weighted by atomic mass is 10.3. The van der Waals surface area contributed by atoms with Gasteiger partial charge in [-0.3, -0.25) is 4.90 Å². The third kappa shape index (κ3) is 4.02. The third-order valence-electron chi connectivity index (χ3n) is 3.07. The summed E-state index contributed by atoms with van der Waals surface area (Å²) in [5.74, 6) is 0.326. The van der Waals surface area contributed by atoms with Crippen LogP contribution < -0.4 is 5.73 Å². The van der Waals surface area contributed by atoms with E-state index < -0.39 is 0 Å². The maximum Gasteiger partial charge on any atom is 0.140 e. The first-order valence-electron chi connectivity index (χ1n) is 6.02. The molecule has 94 valence electrons. The number of oxime groups is 1. The molecule has 1 aromatic rings. The summed E-state index contributed by atoms with van der Waals surface area (Å²) in [4.78, 5) is 3.89. The molecule has 0 radical (unpaired) electrons. The topological polar surface area (TPSA) is 61.8 Å². The largest absolute Gasteiger partial charge is 0.409 e. The molecular formula is C12H19N3OS. The number of hydrogen-bond acceptors (Lipinski definition) is 4. The summed E-state index contributed by atoms with van der Waals surface area (Å²) in [5.41, 5.74) is 5.51. The van der Waals surface area contributed by atoms with Crippen molar-refractivity contribution in [2.75, 3.05) is 13.1 Å². The molecule has 1 saturated carbocycles. The minimum absolute atomic E-state index is 0.326. The maximum atomic E-state index is 8.53. The van der Waals surface area contributed by atoms with Gasteiger partial charge >= 0.3 is 0 Å². The highest BCUT2D eigenvalue weighted by atomic mass is 32.1. The molecule has 0 aliphatic heterocycles. The van der Waals surface area contributed by atoms with Gasteiger partial charge in [-0.1, -0.05) is 11.2 Å². The van der Waals surface area contributed by atoms with Gasteiger partial charge in [-0.15, -0.1) is 11.3 Å². The van der Waals surface area contributed by atoms with E-state index in [-0.39, 0.29) is 0 Å². The standard InChI is InChI=1S/C12H19N3OS/c13-12(14-16)6-8-15(10-3-4-10)7-5-11-2-1-9-17-11/h1-2,9-10,16H,3-8H2,(H2,13,14). The van der Waals surface area contributed by atoms with E-state index in [0.29, 0.717) is 12.3 Å². The van der Waals surface area contributed by atoms with E-state index in [1.165, 1.54) is 17.7 Å². The van der Waals surface area contributed by atoms with E-state index in [1.807, 2.05) is 11.3 Å². The molecule has 0 amide bonds. The summed E-state index contributed by atoms with van der Waals surface area (Å²) in [6.07, 6.45) is 4.34. The Hall–Kier alpha value is -1.07. The van der Waals surface area contributed by atoms with Crippen molar-refractivity contribution < 1.29 is 5.21 Å². The molecule has 17 heavy (non-hydrogen) atoms. The van der Waals surface area contributed by atoms with Crippen molar-refractivity contribution in [3.63, 3.8) is 0 Å². The molecule has 1 aliphatic carbocycles. The van der Waals surface area contributed by atoms with Crippen LogP contribution in [-0.4, -0.2) is 35.1 Å². The lowest BCUT2D eigenvalue weighted by Gasteiger charge is -2.21. The summed E-state index contributed by atoms with van der Waals surface area (Å²) in [6, 6.07) is 5.00. The van der Waals surface area contributed by atoms with Crippen molar-refractivity contribution in [1.82, 2.24) is 4.90 Å². The van der Waals surface area contributed by atoms with Crippen LogP contribution in [0.3, 0.4) is 0 Å². The van der Waals surface area contributed by atoms with Gasteiger partial charge in [-0.25, -0.2) is 0 Å². The van der Waals surface area contributed by atoms with Crippen molar-refractivity contribution in [3.05, 3.63) is 22.4 Å². The average molecular weight is 253 g/mol. The summed E-state index contributed by atoms with van der Waals surface area (Å²) in [7, 11) is 0. The Morgan fingerprint density at radius 1 is 1.53 bits per heavy atom. The molecule has 2 rings (SSSR count). The van der Waals surface area contributed by atoms with Gasteiger partial charge in [0.05, 0.1) is 0 Å². The van der Waals surface area contributed by atoms with Crippen LogP contribution in [0.25, 0.3) is 0 Å². The second-order valence-electron chi connectivity index (χ2n) is 4.44. The van der Waals surface area contributed by atoms with Crippen LogP contribution in [-0.2, 0) is 6.42 Å². The lowest BCUT2D eigenvalue weighted by Crippen LogP contribution is -2.32. The van der Waals surface area contributed by atoms with E-state index in [9.17, 15) is 0 Å². The fourth-order valence-electron chi connectivity index (χ4n) is 1.93. The van der Waals surface area contributed by atoms with Crippen molar-refractivity contribution in [1.29, 1.82) is 0 Å². The van der Waals surface area contributed by atoms with Gasteiger partial charge in [0.25, 0.3) is 0 Å². The number of nitrogens with zero attached hydrogens (tertiary/aromatic N) is 2. The van der Waals surface area contributed by atoms with E-state index in [2.05, 4.69) is 27.6 Å². The predicted octanol–water partition coefficient (Wildman–Crippen LogP) is 1.89. The van der Waals surface area contributed by atoms with Gasteiger partial charge in [0.1, 0.15) is 5.84 Å². The van der Waals surface area contributed by atoms with Gasteiger partial charge in [0, 0.05) is 30.4 Å². The fraction of sp³-hybridized carbons (Fsp3) is 0.583. The van der Waals surface area contributed by atoms with Crippen molar-refractivity contribution in [2.45, 2.75) is 31.7 Å². The minimum atomic E-state index is 0.326. The van der Waals surface area contributed by atoms with E-state index in [0.717, 1.165) is 25.6 Å². The van der Waals surface area contributed by atoms with Gasteiger partial charge in [-0.05, 0) is 30.7 Å². The normalized spacial score (nSPS) is 16.6. The molecule has 3 N–H and O–H groups in total. The highest BCUT2D eigenvalue weighted by molar-refractivity contribution is 7.09. The molecule has 0 aromatic carbocycles. The number of rotatable bonds is 7. The summed E-state index contributed by atoms with van der Waals surface area (Å²) < 4.78 is 0. The maximum absolute atomic E-state index is 8.53. The first-order chi connectivity index (χ1) is 8.29. The molecule has 5 heteroatoms. The molecule has 0 spiro atoms. The van der Waals surface area contributed by atoms with Gasteiger partial charge in [0.15, 0.2) is 0 Å². The Bertz CT molecular complexity index is 360. The molecule has 1 heterocycles. The number of amidine groups is 1. The van der Waals surface area contributed by atoms with Crippen molar-refractivity contribution in [2.24, 2.45) is 10.9 Å². The first kappa shape index (κ1) is 12.4. The zero-order chi connectivity index (χ0) is 12.1. The fourth-order valence-corrected chi connectivity index (χ4v) is 2.63. The van der Waals surface area contributed by atoms with Crippen LogP contribution in [0, 0.1) is 0 Å². The Labute approximate surface area is 106 Å². The summed E-state index contributed by atoms with van der Waals surface area (Å²) in [6.45, 7) is 1.97. The monoisotopic (exact) mass is 253 g/mol. The molecule has 1 aromatic heterocycles. The summed E-state index contributed by atoms with van der Waals surface area (Å²) in [5, 5.41) is 13.7. The zero-order valence-corrected chi connectivity index (χ0v) is 10.7. The van der Waals surface area contributed by atoms with Crippen LogP contribution in [0.4, 0.5) is 0 Å². The molecule has 4 nitrogen and oxygen atoms in total. The molecule has 0 saturated heterocycles. The van der Waals surface area contributed by atoms with Crippen LogP contribution in [0.5, 0.6) is 0 Å². The number of thiophene rings is 1. The second kappa shape index (κ2) is 6.02. The van der Waals surface area contributed by atoms with Crippen LogP contribution in [0.2, 0.25) is 0 Å². The SMILES string of the molecule is NC(CCN(CCc1cccs1)C1CC1)=NO. The first-order valence-corrected chi connectivity index (χ1v) is 6.90. The highest BCUT2D eigenvalue weighted by Crippen LogP contribution is 2.27. The molecular weight excluding hydrogens is 234 g/mol. The van der Waals surface area contributed by atoms with Crippen LogP contribution in [0.15, 0.2) is 22.7 Å². The average Bonchev–Trinajstić information content (AvgIpc) is 3.05. The minimum Gasteiger partial charge on any atom is -0.409 e. The van der Waals surface area contributed by atoms with Gasteiger partial charge in [-0.2, -0.15) is 0 Å². The number of hydrogen-bond donors (Lipinski definition) is 2. The van der Waals surface area contributed by atoms with E-state index in [1.54, 1.807) is 0 Å². The van der Waals surface area contributed by atoms with Gasteiger partial charge < -0.3 is 10.9 Å². The molecule has 0 bridgehead atoms. The lowest BCUT2D eigenvalue weighted by molar-refractivity contribution is 0.271. The second-order valence-corrected chi connectivity index (χ2v) is 5.47. The van der Waals surface area contributed by atoms with Crippen molar-refractivity contribution >= 4 is 17.2 Å². The smallest absolute Gasteiger partial charge is 0.140 e. The molecule has 0 atom stereocenters. The Morgan fingerprint density at radius 2 is 2.35 bits per heavy atom. The van der Waals surface area contributed by atoms with Gasteiger partial charge in [0.2, 0.25) is 0 Å². The Balaban J connectivity index is 1.77. The quantitative estimate of drug-likeness (QED) is 0.337. The Morgan fingerprint density at radius 3 is 2.94 bits per heavy atom. The van der Waals surface area contributed by atoms with Crippen molar-refractivity contribution in [3.8, 4) is 0 Å². The predicted molar refractivity (Wildman–Crippen MR) is 70.6 cm³/mol. The zero-order valence-electron chi connectivity index (χ0n) is 9.88. The van der Waals surface area contributed by atoms with E-state index >= 15 is 0 Å². The number of nitrogens with two attached hydrogens (primary N) is 1. The third-order valence-corrected chi connectivity index (χ3v) is 4.01. The van der Waals surface area contributed by atoms with E-state index in [4.69, 9.17) is 10.9 Å². The Kier molecular flexibility index (Phi) is 4.39. The highest BCUT2D eigenvalue weighted by Gasteiger charge is 2.28. The molecule has 1 aliphatic rings. The van der Waals surface area contributed by atoms with Crippen LogP contribution in [0.1, 0.15) is 24.1 Å². The van der Waals surface area contributed by atoms with Crippen LogP contribution >= 0.6 is 11.3 Å². The molecule has 1 fully saturated rings. The summed E-state index contributed by atoms with van der Waals surface area (Å²) >= 11 is 1.81.